The van der Waals surface area contributed by atoms with E-state index in [1.54, 1.807) is 0 Å². The van der Waals surface area contributed by atoms with Crippen LogP contribution in [0.15, 0.2) is 121 Å². The lowest BCUT2D eigenvalue weighted by Crippen LogP contribution is -2.61. The molecule has 248 valence electrons. The molecule has 1 aliphatic rings. The Morgan fingerprint density at radius 1 is 0.574 bits per heavy atom. The average Bonchev–Trinajstić information content (AvgIpc) is 3.11. The fourth-order valence-corrected chi connectivity index (χ4v) is 5.80. The number of esters is 1. The van der Waals surface area contributed by atoms with Gasteiger partial charge in [-0.05, 0) is 42.0 Å². The van der Waals surface area contributed by atoms with E-state index in [0.717, 1.165) is 22.3 Å². The van der Waals surface area contributed by atoms with Crippen molar-refractivity contribution in [3.05, 3.63) is 144 Å². The van der Waals surface area contributed by atoms with Crippen LogP contribution in [0.2, 0.25) is 0 Å². The van der Waals surface area contributed by atoms with E-state index in [-0.39, 0.29) is 12.1 Å². The molecule has 0 amide bonds. The maximum atomic E-state index is 12.3. The molecule has 47 heavy (non-hydrogen) atoms. The van der Waals surface area contributed by atoms with Crippen LogP contribution in [0.3, 0.4) is 0 Å². The van der Waals surface area contributed by atoms with Crippen LogP contribution in [-0.4, -0.2) is 49.7 Å². The molecule has 0 saturated carbocycles. The van der Waals surface area contributed by atoms with Gasteiger partial charge in [0.15, 0.2) is 0 Å². The van der Waals surface area contributed by atoms with E-state index in [0.29, 0.717) is 58.9 Å². The van der Waals surface area contributed by atoms with Gasteiger partial charge in [0.25, 0.3) is 0 Å². The van der Waals surface area contributed by atoms with E-state index in [2.05, 4.69) is 12.1 Å². The minimum atomic E-state index is -0.489. The molecule has 0 radical (unpaired) electrons. The lowest BCUT2D eigenvalue weighted by atomic mass is 9.91. The summed E-state index contributed by atoms with van der Waals surface area (Å²) in [5, 5.41) is 0. The molecule has 0 aliphatic carbocycles. The summed E-state index contributed by atoms with van der Waals surface area (Å²) in [7, 11) is 0. The Kier molecular flexibility index (Phi) is 14.0. The molecule has 0 unspecified atom stereocenters. The molecule has 7 heteroatoms. The summed E-state index contributed by atoms with van der Waals surface area (Å²) in [6, 6.07) is 40.4. The summed E-state index contributed by atoms with van der Waals surface area (Å²) in [4.78, 5) is 12.3. The Balaban J connectivity index is 1.42. The van der Waals surface area contributed by atoms with Gasteiger partial charge in [-0.3, -0.25) is 4.79 Å². The summed E-state index contributed by atoms with van der Waals surface area (Å²) in [5.74, 6) is -0.214. The molecular weight excluding hydrogens is 592 g/mol. The number of rotatable bonds is 18. The Bertz CT molecular complexity index is 1420. The second kappa shape index (κ2) is 19.1. The highest BCUT2D eigenvalue weighted by Gasteiger charge is 2.48. The molecule has 5 rings (SSSR count). The average molecular weight is 639 g/mol. The van der Waals surface area contributed by atoms with Gasteiger partial charge in [0, 0.05) is 6.42 Å². The van der Waals surface area contributed by atoms with E-state index in [9.17, 15) is 4.79 Å². The van der Waals surface area contributed by atoms with Gasteiger partial charge in [-0.25, -0.2) is 0 Å². The zero-order valence-corrected chi connectivity index (χ0v) is 27.2. The first kappa shape index (κ1) is 34.5. The predicted molar refractivity (Wildman–Crippen MR) is 180 cm³/mol. The van der Waals surface area contributed by atoms with Crippen molar-refractivity contribution < 1.29 is 33.2 Å². The van der Waals surface area contributed by atoms with Gasteiger partial charge < -0.3 is 28.4 Å². The van der Waals surface area contributed by atoms with Crippen LogP contribution in [0.25, 0.3) is 0 Å². The van der Waals surface area contributed by atoms with Crippen LogP contribution in [0.4, 0.5) is 0 Å². The largest absolute Gasteiger partial charge is 0.466 e. The molecule has 1 fully saturated rings. The van der Waals surface area contributed by atoms with Crippen LogP contribution in [-0.2, 0) is 59.6 Å². The molecule has 0 spiro atoms. The van der Waals surface area contributed by atoms with Crippen molar-refractivity contribution >= 4 is 5.97 Å². The molecule has 1 saturated heterocycles. The van der Waals surface area contributed by atoms with Crippen molar-refractivity contribution in [3.8, 4) is 0 Å². The highest BCUT2D eigenvalue weighted by molar-refractivity contribution is 5.69. The first-order chi connectivity index (χ1) is 23.2. The van der Waals surface area contributed by atoms with E-state index in [4.69, 9.17) is 28.4 Å². The van der Waals surface area contributed by atoms with E-state index in [1.807, 2.05) is 116 Å². The Labute approximate surface area is 278 Å². The van der Waals surface area contributed by atoms with Crippen molar-refractivity contribution in [2.24, 2.45) is 0 Å². The number of carbonyl (C=O) groups excluding carboxylic acids is 1. The molecule has 7 nitrogen and oxygen atoms in total. The van der Waals surface area contributed by atoms with E-state index < -0.39 is 24.4 Å². The molecular formula is C40H46O7. The van der Waals surface area contributed by atoms with Gasteiger partial charge in [-0.15, -0.1) is 0 Å². The van der Waals surface area contributed by atoms with Gasteiger partial charge >= 0.3 is 5.97 Å². The zero-order chi connectivity index (χ0) is 32.5. The minimum absolute atomic E-state index is 0.214. The first-order valence-corrected chi connectivity index (χ1v) is 16.6. The van der Waals surface area contributed by atoms with Gasteiger partial charge in [0.2, 0.25) is 0 Å². The molecule has 0 aromatic heterocycles. The van der Waals surface area contributed by atoms with Gasteiger partial charge in [-0.2, -0.15) is 0 Å². The van der Waals surface area contributed by atoms with E-state index >= 15 is 0 Å². The SMILES string of the molecule is CCOC(=O)CCC[C@@H]1O[C@H](COCc2ccccc2)[C@H](OCc2ccccc2)[C@H](OCc2ccccc2)[C@H]1OCc1ccccc1. The number of hydrogen-bond acceptors (Lipinski definition) is 7. The topological polar surface area (TPSA) is 72.5 Å². The predicted octanol–water partition coefficient (Wildman–Crippen LogP) is 7.46. The fraction of sp³-hybridized carbons (Fsp3) is 0.375. The number of carbonyl (C=O) groups is 1. The van der Waals surface area contributed by atoms with Gasteiger partial charge in [0.1, 0.15) is 24.4 Å². The number of ether oxygens (including phenoxy) is 6. The van der Waals surface area contributed by atoms with Crippen molar-refractivity contribution in [1.82, 2.24) is 0 Å². The normalized spacial score (nSPS) is 20.9. The van der Waals surface area contributed by atoms with Crippen LogP contribution in [0.5, 0.6) is 0 Å². The van der Waals surface area contributed by atoms with Crippen molar-refractivity contribution in [1.29, 1.82) is 0 Å². The van der Waals surface area contributed by atoms with Crippen molar-refractivity contribution in [2.45, 2.75) is 83.1 Å². The lowest BCUT2D eigenvalue weighted by molar-refractivity contribution is -0.273. The summed E-state index contributed by atoms with van der Waals surface area (Å²) >= 11 is 0. The summed E-state index contributed by atoms with van der Waals surface area (Å²) in [6.45, 7) is 4.08. The molecule has 4 aromatic carbocycles. The molecule has 1 aliphatic heterocycles. The number of hydrogen-bond donors (Lipinski definition) is 0. The third kappa shape index (κ3) is 11.1. The van der Waals surface area contributed by atoms with Gasteiger partial charge in [-0.1, -0.05) is 121 Å². The highest BCUT2D eigenvalue weighted by atomic mass is 16.6. The summed E-state index contributed by atoms with van der Waals surface area (Å²) in [5.41, 5.74) is 4.24. The third-order valence-electron chi connectivity index (χ3n) is 8.15. The summed E-state index contributed by atoms with van der Waals surface area (Å²) in [6.07, 6.45) is -0.754. The molecule has 0 bridgehead atoms. The van der Waals surface area contributed by atoms with Crippen LogP contribution >= 0.6 is 0 Å². The summed E-state index contributed by atoms with van der Waals surface area (Å²) < 4.78 is 38.5. The second-order valence-corrected chi connectivity index (χ2v) is 11.7. The van der Waals surface area contributed by atoms with E-state index in [1.165, 1.54) is 0 Å². The minimum Gasteiger partial charge on any atom is -0.466 e. The first-order valence-electron chi connectivity index (χ1n) is 16.6. The Morgan fingerprint density at radius 2 is 1.00 bits per heavy atom. The van der Waals surface area contributed by atoms with Gasteiger partial charge in [0.05, 0.1) is 45.7 Å². The Morgan fingerprint density at radius 3 is 1.47 bits per heavy atom. The smallest absolute Gasteiger partial charge is 0.305 e. The molecule has 4 aromatic rings. The fourth-order valence-electron chi connectivity index (χ4n) is 5.80. The van der Waals surface area contributed by atoms with Crippen LogP contribution in [0, 0.1) is 0 Å². The van der Waals surface area contributed by atoms with Crippen molar-refractivity contribution in [3.63, 3.8) is 0 Å². The lowest BCUT2D eigenvalue weighted by Gasteiger charge is -2.46. The highest BCUT2D eigenvalue weighted by Crippen LogP contribution is 2.33. The third-order valence-corrected chi connectivity index (χ3v) is 8.15. The monoisotopic (exact) mass is 638 g/mol. The quantitative estimate of drug-likeness (QED) is 0.105. The maximum absolute atomic E-state index is 12.3. The van der Waals surface area contributed by atoms with Crippen LogP contribution in [0.1, 0.15) is 48.4 Å². The zero-order valence-electron chi connectivity index (χ0n) is 27.2. The molecule has 0 N–H and O–H groups in total. The maximum Gasteiger partial charge on any atom is 0.305 e. The molecule has 5 atom stereocenters. The Hall–Kier alpha value is -3.85. The number of benzene rings is 4. The standard InChI is InChI=1S/C40H46O7/c1-2-43-37(41)25-15-24-35-38(44-27-32-18-9-4-10-19-32)40(46-29-34-22-13-6-14-23-34)39(45-28-33-20-11-5-12-21-33)36(47-35)30-42-26-31-16-7-3-8-17-31/h3-14,16-23,35-36,38-40H,2,15,24-30H2,1H3/t35-,36+,38-,39-,40+/m0/s1. The second-order valence-electron chi connectivity index (χ2n) is 11.7. The van der Waals surface area contributed by atoms with Crippen molar-refractivity contribution in [2.75, 3.05) is 13.2 Å². The molecule has 1 heterocycles. The van der Waals surface area contributed by atoms with Crippen LogP contribution < -0.4 is 0 Å².